The summed E-state index contributed by atoms with van der Waals surface area (Å²) in [6.07, 6.45) is 11.2. The molecule has 2 heterocycles. The standard InChI is InChI=1S/C25H35N3O4S/c1-2-24(29)28-22-12-11-21(33(31,32)27-15-7-4-8-16-27)17-20(22)18-23(28)25(30)26-14-13-19-9-5-3-6-10-19/h9,11-12,17,23H,2-8,10,13-16,18H2,1H3,(H,26,30). The molecule has 1 fully saturated rings. The van der Waals surface area contributed by atoms with Gasteiger partial charge in [-0.25, -0.2) is 8.42 Å². The minimum Gasteiger partial charge on any atom is -0.354 e. The molecule has 180 valence electrons. The fourth-order valence-corrected chi connectivity index (χ4v) is 6.70. The summed E-state index contributed by atoms with van der Waals surface area (Å²) in [6, 6.07) is 4.30. The zero-order chi connectivity index (χ0) is 23.4. The number of rotatable bonds is 7. The molecule has 2 amide bonds. The average molecular weight is 474 g/mol. The van der Waals surface area contributed by atoms with Crippen molar-refractivity contribution >= 4 is 27.5 Å². The van der Waals surface area contributed by atoms with Gasteiger partial charge in [-0.2, -0.15) is 4.31 Å². The van der Waals surface area contributed by atoms with Crippen molar-refractivity contribution in [3.05, 3.63) is 35.4 Å². The molecule has 1 aliphatic carbocycles. The van der Waals surface area contributed by atoms with Crippen LogP contribution in [0, 0.1) is 0 Å². The molecule has 1 aromatic rings. The van der Waals surface area contributed by atoms with Crippen LogP contribution in [-0.2, 0) is 26.0 Å². The molecule has 0 saturated carbocycles. The number of carbonyl (C=O) groups is 2. The number of anilines is 1. The van der Waals surface area contributed by atoms with Crippen LogP contribution in [0.1, 0.15) is 70.3 Å². The van der Waals surface area contributed by atoms with Crippen molar-refractivity contribution in [2.75, 3.05) is 24.5 Å². The van der Waals surface area contributed by atoms with Gasteiger partial charge >= 0.3 is 0 Å². The number of nitrogens with one attached hydrogen (secondary N) is 1. The van der Waals surface area contributed by atoms with Crippen molar-refractivity contribution < 1.29 is 18.0 Å². The Balaban J connectivity index is 1.50. The van der Waals surface area contributed by atoms with Crippen molar-refractivity contribution in [1.82, 2.24) is 9.62 Å². The van der Waals surface area contributed by atoms with Crippen LogP contribution in [0.3, 0.4) is 0 Å². The maximum atomic E-state index is 13.1. The summed E-state index contributed by atoms with van der Waals surface area (Å²) >= 11 is 0. The lowest BCUT2D eigenvalue weighted by Gasteiger charge is -2.26. The van der Waals surface area contributed by atoms with Crippen LogP contribution in [0.15, 0.2) is 34.7 Å². The number of allylic oxidation sites excluding steroid dienone is 1. The third-order valence-electron chi connectivity index (χ3n) is 6.99. The van der Waals surface area contributed by atoms with Crippen molar-refractivity contribution in [2.45, 2.75) is 82.1 Å². The molecule has 0 radical (unpaired) electrons. The van der Waals surface area contributed by atoms with Gasteiger partial charge in [-0.1, -0.05) is 25.0 Å². The Hall–Kier alpha value is -2.19. The summed E-state index contributed by atoms with van der Waals surface area (Å²) in [5.41, 5.74) is 2.78. The second kappa shape index (κ2) is 10.4. The van der Waals surface area contributed by atoms with Crippen molar-refractivity contribution in [3.63, 3.8) is 0 Å². The molecule has 0 bridgehead atoms. The van der Waals surface area contributed by atoms with Crippen LogP contribution in [0.25, 0.3) is 0 Å². The molecule has 4 rings (SSSR count). The molecule has 33 heavy (non-hydrogen) atoms. The fourth-order valence-electron chi connectivity index (χ4n) is 5.13. The average Bonchev–Trinajstić information content (AvgIpc) is 3.24. The van der Waals surface area contributed by atoms with Gasteiger partial charge in [-0.3, -0.25) is 14.5 Å². The molecular formula is C25H35N3O4S. The lowest BCUT2D eigenvalue weighted by molar-refractivity contribution is -0.126. The summed E-state index contributed by atoms with van der Waals surface area (Å²) in [4.78, 5) is 27.6. The number of hydrogen-bond acceptors (Lipinski definition) is 4. The molecule has 2 aliphatic heterocycles. The Morgan fingerprint density at radius 2 is 1.88 bits per heavy atom. The number of benzene rings is 1. The second-order valence-corrected chi connectivity index (χ2v) is 11.2. The maximum Gasteiger partial charge on any atom is 0.243 e. The number of piperidine rings is 1. The van der Waals surface area contributed by atoms with Crippen LogP contribution < -0.4 is 10.2 Å². The van der Waals surface area contributed by atoms with Gasteiger partial charge in [0.15, 0.2) is 0 Å². The van der Waals surface area contributed by atoms with Gasteiger partial charge in [0.1, 0.15) is 6.04 Å². The summed E-state index contributed by atoms with van der Waals surface area (Å²) in [7, 11) is -3.57. The van der Waals surface area contributed by atoms with Gasteiger partial charge in [0, 0.05) is 38.2 Å². The molecule has 1 atom stereocenters. The van der Waals surface area contributed by atoms with Crippen LogP contribution in [0.2, 0.25) is 0 Å². The largest absolute Gasteiger partial charge is 0.354 e. The fraction of sp³-hybridized carbons (Fsp3) is 0.600. The smallest absolute Gasteiger partial charge is 0.243 e. The summed E-state index contributed by atoms with van der Waals surface area (Å²) in [6.45, 7) is 3.42. The Bertz CT molecular complexity index is 1030. The first-order chi connectivity index (χ1) is 15.9. The van der Waals surface area contributed by atoms with E-state index in [9.17, 15) is 18.0 Å². The Labute approximate surface area is 197 Å². The highest BCUT2D eigenvalue weighted by molar-refractivity contribution is 7.89. The Morgan fingerprint density at radius 1 is 1.09 bits per heavy atom. The van der Waals surface area contributed by atoms with E-state index in [1.54, 1.807) is 34.3 Å². The maximum absolute atomic E-state index is 13.1. The highest BCUT2D eigenvalue weighted by atomic mass is 32.2. The summed E-state index contributed by atoms with van der Waals surface area (Å²) < 4.78 is 27.8. The van der Waals surface area contributed by atoms with Gasteiger partial charge in [0.05, 0.1) is 4.90 Å². The molecule has 3 aliphatic rings. The van der Waals surface area contributed by atoms with Crippen LogP contribution >= 0.6 is 0 Å². The van der Waals surface area contributed by atoms with Crippen LogP contribution in [0.4, 0.5) is 5.69 Å². The van der Waals surface area contributed by atoms with Crippen molar-refractivity contribution in [3.8, 4) is 0 Å². The predicted octanol–water partition coefficient (Wildman–Crippen LogP) is 3.54. The molecular weight excluding hydrogens is 438 g/mol. The highest BCUT2D eigenvalue weighted by Crippen LogP contribution is 2.35. The quantitative estimate of drug-likeness (QED) is 0.614. The molecule has 7 nitrogen and oxygen atoms in total. The zero-order valence-electron chi connectivity index (χ0n) is 19.5. The Kier molecular flexibility index (Phi) is 7.54. The topological polar surface area (TPSA) is 86.8 Å². The van der Waals surface area contributed by atoms with E-state index in [0.717, 1.165) is 44.1 Å². The van der Waals surface area contributed by atoms with Gasteiger partial charge in [0.2, 0.25) is 21.8 Å². The number of carbonyl (C=O) groups excluding carboxylic acids is 2. The predicted molar refractivity (Wildman–Crippen MR) is 128 cm³/mol. The van der Waals surface area contributed by atoms with Gasteiger partial charge in [0.25, 0.3) is 0 Å². The molecule has 1 N–H and O–H groups in total. The van der Waals surface area contributed by atoms with E-state index in [1.165, 1.54) is 18.4 Å². The van der Waals surface area contributed by atoms with Gasteiger partial charge in [-0.15, -0.1) is 0 Å². The number of sulfonamides is 1. The summed E-state index contributed by atoms with van der Waals surface area (Å²) in [5, 5.41) is 3.01. The summed E-state index contributed by atoms with van der Waals surface area (Å²) in [5.74, 6) is -0.305. The number of nitrogens with zero attached hydrogens (tertiary/aromatic N) is 2. The second-order valence-electron chi connectivity index (χ2n) is 9.24. The van der Waals surface area contributed by atoms with E-state index in [2.05, 4.69) is 11.4 Å². The molecule has 1 aromatic carbocycles. The normalized spacial score (nSPS) is 21.4. The van der Waals surface area contributed by atoms with Crippen molar-refractivity contribution in [2.24, 2.45) is 0 Å². The third kappa shape index (κ3) is 5.17. The number of amides is 2. The van der Waals surface area contributed by atoms with E-state index in [0.29, 0.717) is 31.7 Å². The zero-order valence-corrected chi connectivity index (χ0v) is 20.3. The van der Waals surface area contributed by atoms with E-state index in [-0.39, 0.29) is 23.1 Å². The number of hydrogen-bond donors (Lipinski definition) is 1. The lowest BCUT2D eigenvalue weighted by atomic mass is 9.97. The minimum absolute atomic E-state index is 0.129. The van der Waals surface area contributed by atoms with E-state index < -0.39 is 16.1 Å². The first-order valence-corrected chi connectivity index (χ1v) is 13.8. The monoisotopic (exact) mass is 473 g/mol. The molecule has 0 spiro atoms. The highest BCUT2D eigenvalue weighted by Gasteiger charge is 2.38. The third-order valence-corrected chi connectivity index (χ3v) is 8.89. The molecule has 1 saturated heterocycles. The lowest BCUT2D eigenvalue weighted by Crippen LogP contribution is -2.48. The van der Waals surface area contributed by atoms with Crippen molar-refractivity contribution in [1.29, 1.82) is 0 Å². The Morgan fingerprint density at radius 3 is 2.58 bits per heavy atom. The van der Waals surface area contributed by atoms with E-state index >= 15 is 0 Å². The molecule has 0 aromatic heterocycles. The SMILES string of the molecule is CCC(=O)N1c2ccc(S(=O)(=O)N3CCCCC3)cc2CC1C(=O)NCCC1=CCCCC1. The first-order valence-electron chi connectivity index (χ1n) is 12.3. The van der Waals surface area contributed by atoms with E-state index in [4.69, 9.17) is 0 Å². The first kappa shape index (κ1) is 24.0. The minimum atomic E-state index is -3.57. The van der Waals surface area contributed by atoms with Gasteiger partial charge < -0.3 is 5.32 Å². The molecule has 1 unspecified atom stereocenters. The van der Waals surface area contributed by atoms with Gasteiger partial charge in [-0.05, 0) is 68.7 Å². The van der Waals surface area contributed by atoms with Crippen LogP contribution in [-0.4, -0.2) is 50.2 Å². The number of fused-ring (bicyclic) bond motifs is 1. The van der Waals surface area contributed by atoms with Crippen LogP contribution in [0.5, 0.6) is 0 Å². The molecule has 8 heteroatoms. The van der Waals surface area contributed by atoms with E-state index in [1.807, 2.05) is 0 Å².